The number of nitrogens with one attached hydrogen (secondary N) is 1. The molecule has 0 radical (unpaired) electrons. The quantitative estimate of drug-likeness (QED) is 0.810. The second kappa shape index (κ2) is 5.89. The third-order valence-electron chi connectivity index (χ3n) is 4.77. The zero-order chi connectivity index (χ0) is 12.4. The van der Waals surface area contributed by atoms with E-state index in [0.29, 0.717) is 12.2 Å². The van der Waals surface area contributed by atoms with Crippen LogP contribution in [0.2, 0.25) is 0 Å². The van der Waals surface area contributed by atoms with Crippen LogP contribution in [-0.2, 0) is 4.74 Å². The van der Waals surface area contributed by atoms with Gasteiger partial charge in [0, 0.05) is 19.1 Å². The van der Waals surface area contributed by atoms with Crippen molar-refractivity contribution in [3.05, 3.63) is 0 Å². The average Bonchev–Trinajstić information content (AvgIpc) is 3.15. The predicted octanol–water partition coefficient (Wildman–Crippen LogP) is 2.02. The van der Waals surface area contributed by atoms with Crippen LogP contribution in [0.25, 0.3) is 0 Å². The summed E-state index contributed by atoms with van der Waals surface area (Å²) in [5.41, 5.74) is 0. The van der Waals surface area contributed by atoms with Crippen molar-refractivity contribution < 1.29 is 4.74 Å². The van der Waals surface area contributed by atoms with Crippen LogP contribution in [-0.4, -0.2) is 49.3 Å². The summed E-state index contributed by atoms with van der Waals surface area (Å²) >= 11 is 0. The van der Waals surface area contributed by atoms with Crippen molar-refractivity contribution in [1.29, 1.82) is 0 Å². The van der Waals surface area contributed by atoms with Gasteiger partial charge in [-0.3, -0.25) is 4.90 Å². The van der Waals surface area contributed by atoms with Crippen molar-refractivity contribution in [3.63, 3.8) is 0 Å². The maximum absolute atomic E-state index is 6.00. The van der Waals surface area contributed by atoms with Crippen LogP contribution in [0.3, 0.4) is 0 Å². The van der Waals surface area contributed by atoms with Gasteiger partial charge in [-0.25, -0.2) is 0 Å². The highest BCUT2D eigenvalue weighted by Gasteiger charge is 2.34. The SMILES string of the molecule is CC1CCC(CN(CC2CCNCC2)C2CC2)O1. The molecule has 1 aliphatic carbocycles. The summed E-state index contributed by atoms with van der Waals surface area (Å²) in [6, 6.07) is 0.888. The van der Waals surface area contributed by atoms with Crippen LogP contribution in [0, 0.1) is 5.92 Å². The highest BCUT2D eigenvalue weighted by molar-refractivity contribution is 4.88. The first kappa shape index (κ1) is 12.9. The predicted molar refractivity (Wildman–Crippen MR) is 73.8 cm³/mol. The van der Waals surface area contributed by atoms with Gasteiger partial charge in [0.1, 0.15) is 0 Å². The van der Waals surface area contributed by atoms with Crippen molar-refractivity contribution in [1.82, 2.24) is 10.2 Å². The summed E-state index contributed by atoms with van der Waals surface area (Å²) in [6.45, 7) is 7.17. The molecule has 2 heterocycles. The Hall–Kier alpha value is -0.120. The second-order valence-electron chi connectivity index (χ2n) is 6.52. The molecule has 3 nitrogen and oxygen atoms in total. The summed E-state index contributed by atoms with van der Waals surface area (Å²) in [4.78, 5) is 2.75. The van der Waals surface area contributed by atoms with Gasteiger partial charge in [0.25, 0.3) is 0 Å². The summed E-state index contributed by atoms with van der Waals surface area (Å²) in [6.07, 6.45) is 9.13. The molecule has 3 fully saturated rings. The summed E-state index contributed by atoms with van der Waals surface area (Å²) in [7, 11) is 0. The number of rotatable bonds is 5. The van der Waals surface area contributed by atoms with E-state index in [1.807, 2.05) is 0 Å². The topological polar surface area (TPSA) is 24.5 Å². The molecule has 0 amide bonds. The van der Waals surface area contributed by atoms with Gasteiger partial charge in [-0.05, 0) is 64.5 Å². The van der Waals surface area contributed by atoms with Gasteiger partial charge >= 0.3 is 0 Å². The molecule has 0 spiro atoms. The molecule has 2 unspecified atom stereocenters. The lowest BCUT2D eigenvalue weighted by Crippen LogP contribution is -2.40. The third kappa shape index (κ3) is 3.46. The fraction of sp³-hybridized carbons (Fsp3) is 1.00. The standard InChI is InChI=1S/C15H28N2O/c1-12-2-5-15(18-12)11-17(14-3-4-14)10-13-6-8-16-9-7-13/h12-16H,2-11H2,1H3. The van der Waals surface area contributed by atoms with E-state index in [2.05, 4.69) is 17.1 Å². The molecule has 0 aromatic rings. The van der Waals surface area contributed by atoms with Crippen molar-refractivity contribution in [2.45, 2.75) is 63.7 Å². The molecule has 104 valence electrons. The summed E-state index contributed by atoms with van der Waals surface area (Å²) in [5.74, 6) is 0.922. The van der Waals surface area contributed by atoms with Crippen LogP contribution in [0.4, 0.5) is 0 Å². The Bertz CT molecular complexity index is 254. The van der Waals surface area contributed by atoms with E-state index in [9.17, 15) is 0 Å². The minimum absolute atomic E-state index is 0.495. The van der Waals surface area contributed by atoms with E-state index < -0.39 is 0 Å². The van der Waals surface area contributed by atoms with Crippen molar-refractivity contribution >= 4 is 0 Å². The molecule has 2 saturated heterocycles. The number of piperidine rings is 1. The molecule has 2 aliphatic heterocycles. The van der Waals surface area contributed by atoms with Gasteiger partial charge in [-0.2, -0.15) is 0 Å². The van der Waals surface area contributed by atoms with Gasteiger partial charge in [-0.15, -0.1) is 0 Å². The first-order valence-corrected chi connectivity index (χ1v) is 7.91. The lowest BCUT2D eigenvalue weighted by molar-refractivity contribution is 0.0249. The first-order valence-electron chi connectivity index (χ1n) is 7.91. The first-order chi connectivity index (χ1) is 8.81. The zero-order valence-electron chi connectivity index (χ0n) is 11.7. The molecule has 1 N–H and O–H groups in total. The second-order valence-corrected chi connectivity index (χ2v) is 6.52. The fourth-order valence-electron chi connectivity index (χ4n) is 3.49. The van der Waals surface area contributed by atoms with E-state index >= 15 is 0 Å². The molecule has 1 saturated carbocycles. The minimum Gasteiger partial charge on any atom is -0.374 e. The molecule has 2 atom stereocenters. The highest BCUT2D eigenvalue weighted by Crippen LogP contribution is 2.31. The summed E-state index contributed by atoms with van der Waals surface area (Å²) < 4.78 is 6.00. The molecule has 3 rings (SSSR count). The number of hydrogen-bond acceptors (Lipinski definition) is 3. The third-order valence-corrected chi connectivity index (χ3v) is 4.77. The van der Waals surface area contributed by atoms with Crippen LogP contribution >= 0.6 is 0 Å². The Kier molecular flexibility index (Phi) is 4.22. The zero-order valence-corrected chi connectivity index (χ0v) is 11.7. The Morgan fingerprint density at radius 1 is 1.00 bits per heavy atom. The van der Waals surface area contributed by atoms with Gasteiger partial charge in [0.2, 0.25) is 0 Å². The van der Waals surface area contributed by atoms with E-state index in [1.54, 1.807) is 0 Å². The Morgan fingerprint density at radius 2 is 1.78 bits per heavy atom. The lowest BCUT2D eigenvalue weighted by atomic mass is 9.97. The molecule has 0 bridgehead atoms. The van der Waals surface area contributed by atoms with Crippen LogP contribution in [0.15, 0.2) is 0 Å². The molecule has 0 aromatic heterocycles. The Labute approximate surface area is 111 Å². The van der Waals surface area contributed by atoms with Crippen molar-refractivity contribution in [2.24, 2.45) is 5.92 Å². The van der Waals surface area contributed by atoms with Crippen molar-refractivity contribution in [2.75, 3.05) is 26.2 Å². The number of hydrogen-bond donors (Lipinski definition) is 1. The largest absolute Gasteiger partial charge is 0.374 e. The molecular weight excluding hydrogens is 224 g/mol. The molecule has 0 aromatic carbocycles. The highest BCUT2D eigenvalue weighted by atomic mass is 16.5. The van der Waals surface area contributed by atoms with Gasteiger partial charge in [-0.1, -0.05) is 0 Å². The van der Waals surface area contributed by atoms with Crippen molar-refractivity contribution in [3.8, 4) is 0 Å². The Balaban J connectivity index is 1.48. The molecule has 3 aliphatic rings. The monoisotopic (exact) mass is 252 g/mol. The minimum atomic E-state index is 0.495. The van der Waals surface area contributed by atoms with Gasteiger partial charge in [0.05, 0.1) is 12.2 Å². The fourth-order valence-corrected chi connectivity index (χ4v) is 3.49. The number of ether oxygens (including phenoxy) is 1. The normalized spacial score (nSPS) is 34.3. The van der Waals surface area contributed by atoms with E-state index in [1.165, 1.54) is 64.7 Å². The lowest BCUT2D eigenvalue weighted by Gasteiger charge is -2.31. The molecule has 3 heteroatoms. The maximum Gasteiger partial charge on any atom is 0.0706 e. The molecular formula is C15H28N2O. The van der Waals surface area contributed by atoms with Crippen LogP contribution in [0.5, 0.6) is 0 Å². The van der Waals surface area contributed by atoms with Gasteiger partial charge in [0.15, 0.2) is 0 Å². The van der Waals surface area contributed by atoms with Crippen LogP contribution < -0.4 is 5.32 Å². The van der Waals surface area contributed by atoms with E-state index in [0.717, 1.165) is 12.0 Å². The van der Waals surface area contributed by atoms with E-state index in [-0.39, 0.29) is 0 Å². The number of nitrogens with zero attached hydrogens (tertiary/aromatic N) is 1. The van der Waals surface area contributed by atoms with E-state index in [4.69, 9.17) is 4.74 Å². The van der Waals surface area contributed by atoms with Gasteiger partial charge < -0.3 is 10.1 Å². The Morgan fingerprint density at radius 3 is 2.39 bits per heavy atom. The maximum atomic E-state index is 6.00. The smallest absolute Gasteiger partial charge is 0.0706 e. The van der Waals surface area contributed by atoms with Crippen LogP contribution in [0.1, 0.15) is 45.4 Å². The average molecular weight is 252 g/mol. The summed E-state index contributed by atoms with van der Waals surface area (Å²) in [5, 5.41) is 3.47. The molecule has 18 heavy (non-hydrogen) atoms.